The summed E-state index contributed by atoms with van der Waals surface area (Å²) in [5.74, 6) is -0.536. The van der Waals surface area contributed by atoms with Crippen molar-refractivity contribution in [1.82, 2.24) is 5.32 Å². The number of methoxy groups -OCH3 is 1. The molecule has 0 aromatic heterocycles. The Balaban J connectivity index is 1.90. The van der Waals surface area contributed by atoms with Crippen molar-refractivity contribution in [1.29, 1.82) is 0 Å². The third-order valence-electron chi connectivity index (χ3n) is 3.41. The van der Waals surface area contributed by atoms with Crippen LogP contribution in [0.5, 0.6) is 0 Å². The van der Waals surface area contributed by atoms with Gasteiger partial charge in [0.2, 0.25) is 5.91 Å². The second-order valence-corrected chi connectivity index (χ2v) is 6.14. The largest absolute Gasteiger partial charge is 0.383 e. The normalized spacial score (nSPS) is 10.3. The highest BCUT2D eigenvalue weighted by Gasteiger charge is 2.11. The minimum atomic E-state index is -0.282. The Morgan fingerprint density at radius 2 is 1.85 bits per heavy atom. The predicted octanol–water partition coefficient (Wildman–Crippen LogP) is 3.42. The topological polar surface area (TPSA) is 79.5 Å². The van der Waals surface area contributed by atoms with E-state index in [9.17, 15) is 9.59 Å². The summed E-state index contributed by atoms with van der Waals surface area (Å²) in [4.78, 5) is 24.0. The summed E-state index contributed by atoms with van der Waals surface area (Å²) in [6.45, 7) is 0.846. The van der Waals surface area contributed by atoms with Crippen molar-refractivity contribution in [2.75, 3.05) is 37.4 Å². The van der Waals surface area contributed by atoms with Crippen LogP contribution in [-0.4, -0.2) is 38.6 Å². The van der Waals surface area contributed by atoms with E-state index in [4.69, 9.17) is 27.9 Å². The van der Waals surface area contributed by atoms with Crippen LogP contribution in [0.1, 0.15) is 10.4 Å². The van der Waals surface area contributed by atoms with Crippen molar-refractivity contribution in [2.45, 2.75) is 0 Å². The standard InChI is InChI=1S/C18H19Cl2N3O3/c1-26-9-8-21-18(25)13-7-6-12(10-15(13)20)22-11-17(24)23-16-5-3-2-4-14(16)19/h2-7,10,22H,8-9,11H2,1H3,(H,21,25)(H,23,24). The molecular formula is C18H19Cl2N3O3. The zero-order valence-electron chi connectivity index (χ0n) is 14.1. The van der Waals surface area contributed by atoms with Crippen molar-refractivity contribution in [3.8, 4) is 0 Å². The van der Waals surface area contributed by atoms with Gasteiger partial charge in [0.15, 0.2) is 0 Å². The lowest BCUT2D eigenvalue weighted by molar-refractivity contribution is -0.114. The smallest absolute Gasteiger partial charge is 0.252 e. The van der Waals surface area contributed by atoms with Gasteiger partial charge in [-0.1, -0.05) is 35.3 Å². The fourth-order valence-corrected chi connectivity index (χ4v) is 2.56. The SMILES string of the molecule is COCCNC(=O)c1ccc(NCC(=O)Nc2ccccc2Cl)cc1Cl. The minimum Gasteiger partial charge on any atom is -0.383 e. The van der Waals surface area contributed by atoms with Gasteiger partial charge in [0.05, 0.1) is 34.4 Å². The number of nitrogens with one attached hydrogen (secondary N) is 3. The van der Waals surface area contributed by atoms with Gasteiger partial charge in [-0.3, -0.25) is 9.59 Å². The molecule has 0 aliphatic heterocycles. The molecule has 2 aromatic rings. The average Bonchev–Trinajstić information content (AvgIpc) is 2.62. The molecule has 0 atom stereocenters. The maximum absolute atomic E-state index is 12.0. The maximum Gasteiger partial charge on any atom is 0.252 e. The number of amides is 2. The monoisotopic (exact) mass is 395 g/mol. The van der Waals surface area contributed by atoms with Crippen LogP contribution in [0.3, 0.4) is 0 Å². The summed E-state index contributed by atoms with van der Waals surface area (Å²) in [7, 11) is 1.56. The second kappa shape index (κ2) is 10.0. The fourth-order valence-electron chi connectivity index (χ4n) is 2.11. The fraction of sp³-hybridized carbons (Fsp3) is 0.222. The third kappa shape index (κ3) is 5.91. The predicted molar refractivity (Wildman–Crippen MR) is 104 cm³/mol. The van der Waals surface area contributed by atoms with Crippen LogP contribution in [0.15, 0.2) is 42.5 Å². The molecule has 0 saturated carbocycles. The number of halogens is 2. The second-order valence-electron chi connectivity index (χ2n) is 5.32. The number of ether oxygens (including phenoxy) is 1. The van der Waals surface area contributed by atoms with E-state index in [0.29, 0.717) is 35.1 Å². The van der Waals surface area contributed by atoms with Crippen molar-refractivity contribution in [3.05, 3.63) is 58.1 Å². The molecule has 2 amide bonds. The summed E-state index contributed by atoms with van der Waals surface area (Å²) in [5.41, 5.74) is 1.52. The number of hydrogen-bond donors (Lipinski definition) is 3. The molecule has 0 spiro atoms. The lowest BCUT2D eigenvalue weighted by Gasteiger charge is -2.11. The van der Waals surface area contributed by atoms with Crippen LogP contribution in [0.4, 0.5) is 11.4 Å². The first-order valence-electron chi connectivity index (χ1n) is 7.86. The molecule has 0 radical (unpaired) electrons. The quantitative estimate of drug-likeness (QED) is 0.598. The Morgan fingerprint density at radius 3 is 2.54 bits per heavy atom. The highest BCUT2D eigenvalue weighted by molar-refractivity contribution is 6.34. The molecule has 0 bridgehead atoms. The molecule has 0 saturated heterocycles. The number of anilines is 2. The molecule has 0 fully saturated rings. The first-order chi connectivity index (χ1) is 12.5. The van der Waals surface area contributed by atoms with Gasteiger partial charge < -0.3 is 20.7 Å². The first-order valence-corrected chi connectivity index (χ1v) is 8.62. The van der Waals surface area contributed by atoms with Crippen LogP contribution in [0.25, 0.3) is 0 Å². The Morgan fingerprint density at radius 1 is 1.08 bits per heavy atom. The van der Waals surface area contributed by atoms with E-state index < -0.39 is 0 Å². The van der Waals surface area contributed by atoms with Crippen molar-refractivity contribution < 1.29 is 14.3 Å². The zero-order chi connectivity index (χ0) is 18.9. The molecule has 0 heterocycles. The Hall–Kier alpha value is -2.28. The summed E-state index contributed by atoms with van der Waals surface area (Å²) >= 11 is 12.2. The van der Waals surface area contributed by atoms with E-state index in [0.717, 1.165) is 0 Å². The molecule has 0 aliphatic carbocycles. The van der Waals surface area contributed by atoms with Gasteiger partial charge >= 0.3 is 0 Å². The average molecular weight is 396 g/mol. The number of carbonyl (C=O) groups excluding carboxylic acids is 2. The Bertz CT molecular complexity index is 784. The van der Waals surface area contributed by atoms with E-state index in [1.165, 1.54) is 0 Å². The van der Waals surface area contributed by atoms with Crippen LogP contribution in [-0.2, 0) is 9.53 Å². The van der Waals surface area contributed by atoms with Crippen LogP contribution >= 0.6 is 23.2 Å². The summed E-state index contributed by atoms with van der Waals surface area (Å²) < 4.78 is 4.88. The van der Waals surface area contributed by atoms with Crippen molar-refractivity contribution in [3.63, 3.8) is 0 Å². The van der Waals surface area contributed by atoms with Gasteiger partial charge in [0.1, 0.15) is 0 Å². The summed E-state index contributed by atoms with van der Waals surface area (Å²) in [6.07, 6.45) is 0. The van der Waals surface area contributed by atoms with Crippen LogP contribution in [0.2, 0.25) is 10.0 Å². The maximum atomic E-state index is 12.0. The van der Waals surface area contributed by atoms with Crippen molar-refractivity contribution in [2.24, 2.45) is 0 Å². The van der Waals surface area contributed by atoms with Gasteiger partial charge in [-0.2, -0.15) is 0 Å². The van der Waals surface area contributed by atoms with Gasteiger partial charge in [0.25, 0.3) is 5.91 Å². The van der Waals surface area contributed by atoms with Crippen LogP contribution in [0, 0.1) is 0 Å². The molecule has 2 aromatic carbocycles. The van der Waals surface area contributed by atoms with E-state index >= 15 is 0 Å². The zero-order valence-corrected chi connectivity index (χ0v) is 15.7. The lowest BCUT2D eigenvalue weighted by Crippen LogP contribution is -2.27. The minimum absolute atomic E-state index is 0.0287. The molecular weight excluding hydrogens is 377 g/mol. The van der Waals surface area contributed by atoms with Gasteiger partial charge in [-0.15, -0.1) is 0 Å². The first kappa shape index (κ1) is 20.0. The molecule has 138 valence electrons. The molecule has 2 rings (SSSR count). The summed E-state index contributed by atoms with van der Waals surface area (Å²) in [6, 6.07) is 11.8. The van der Waals surface area contributed by atoms with Gasteiger partial charge in [-0.25, -0.2) is 0 Å². The number of rotatable bonds is 8. The number of carbonyl (C=O) groups is 2. The Kier molecular flexibility index (Phi) is 7.72. The molecule has 26 heavy (non-hydrogen) atoms. The van der Waals surface area contributed by atoms with Gasteiger partial charge in [-0.05, 0) is 30.3 Å². The van der Waals surface area contributed by atoms with Crippen LogP contribution < -0.4 is 16.0 Å². The number of benzene rings is 2. The molecule has 6 nitrogen and oxygen atoms in total. The van der Waals surface area contributed by atoms with Gasteiger partial charge in [0, 0.05) is 19.3 Å². The summed E-state index contributed by atoms with van der Waals surface area (Å²) in [5, 5.41) is 9.11. The van der Waals surface area contributed by atoms with E-state index in [1.54, 1.807) is 49.6 Å². The third-order valence-corrected chi connectivity index (χ3v) is 4.05. The molecule has 0 aliphatic rings. The lowest BCUT2D eigenvalue weighted by atomic mass is 10.2. The van der Waals surface area contributed by atoms with E-state index in [-0.39, 0.29) is 23.4 Å². The van der Waals surface area contributed by atoms with Crippen molar-refractivity contribution >= 4 is 46.4 Å². The molecule has 3 N–H and O–H groups in total. The van der Waals surface area contributed by atoms with E-state index in [1.807, 2.05) is 0 Å². The number of hydrogen-bond acceptors (Lipinski definition) is 4. The Labute approximate surface area is 161 Å². The van der Waals surface area contributed by atoms with E-state index in [2.05, 4.69) is 16.0 Å². The molecule has 0 unspecified atom stereocenters. The highest BCUT2D eigenvalue weighted by Crippen LogP contribution is 2.22. The highest BCUT2D eigenvalue weighted by atomic mass is 35.5. The molecule has 8 heteroatoms. The number of para-hydroxylation sites is 1.